The van der Waals surface area contributed by atoms with Crippen molar-refractivity contribution in [1.82, 2.24) is 15.5 Å². The molecule has 0 spiro atoms. The van der Waals surface area contributed by atoms with Gasteiger partial charge in [-0.3, -0.25) is 14.5 Å². The summed E-state index contributed by atoms with van der Waals surface area (Å²) < 4.78 is 10.5. The Labute approximate surface area is 196 Å². The van der Waals surface area contributed by atoms with Gasteiger partial charge in [-0.1, -0.05) is 25.7 Å². The van der Waals surface area contributed by atoms with Gasteiger partial charge in [0.2, 0.25) is 11.8 Å². The average molecular weight is 466 g/mol. The van der Waals surface area contributed by atoms with Gasteiger partial charge >= 0.3 is 12.1 Å². The molecule has 0 aromatic carbocycles. The molecule has 1 saturated carbocycles. The van der Waals surface area contributed by atoms with Crippen molar-refractivity contribution in [3.63, 3.8) is 0 Å². The van der Waals surface area contributed by atoms with E-state index in [4.69, 9.17) is 9.47 Å². The van der Waals surface area contributed by atoms with Gasteiger partial charge in [-0.05, 0) is 58.3 Å². The minimum atomic E-state index is -0.942. The number of nitrogens with zero attached hydrogens (tertiary/aromatic N) is 1. The summed E-state index contributed by atoms with van der Waals surface area (Å²) in [5, 5.41) is 5.60. The Kier molecular flexibility index (Phi) is 8.23. The van der Waals surface area contributed by atoms with Crippen LogP contribution in [0.25, 0.3) is 0 Å². The number of carbonyl (C=O) groups excluding carboxylic acids is 4. The van der Waals surface area contributed by atoms with Crippen molar-refractivity contribution in [3.05, 3.63) is 0 Å². The molecule has 33 heavy (non-hydrogen) atoms. The number of methoxy groups -OCH3 is 1. The number of hydrogen-bond acceptors (Lipinski definition) is 6. The Bertz CT molecular complexity index is 743. The molecular weight excluding hydrogens is 426 g/mol. The van der Waals surface area contributed by atoms with Gasteiger partial charge in [0.1, 0.15) is 17.7 Å². The van der Waals surface area contributed by atoms with Crippen molar-refractivity contribution >= 4 is 23.9 Å². The quantitative estimate of drug-likeness (QED) is 0.582. The molecule has 3 aliphatic rings. The fourth-order valence-electron chi connectivity index (χ4n) is 5.38. The highest BCUT2D eigenvalue weighted by molar-refractivity contribution is 5.90. The molecule has 2 unspecified atom stereocenters. The fraction of sp³-hybridized carbons (Fsp3) is 0.833. The van der Waals surface area contributed by atoms with Crippen LogP contribution in [-0.2, 0) is 23.9 Å². The van der Waals surface area contributed by atoms with E-state index in [-0.39, 0.29) is 24.2 Å². The summed E-state index contributed by atoms with van der Waals surface area (Å²) in [5.74, 6) is -0.725. The van der Waals surface area contributed by atoms with E-state index < -0.39 is 35.7 Å². The van der Waals surface area contributed by atoms with Crippen molar-refractivity contribution in [2.75, 3.05) is 20.2 Å². The SMILES string of the molecule is COC(=O)[C@H](C[C@@H]1CCCNC1=O)NC(=O)C1CC(C2CCCC2)CN1C(=O)OC(C)(C)C. The lowest BCUT2D eigenvalue weighted by Gasteiger charge is -2.30. The molecule has 3 amide bonds. The van der Waals surface area contributed by atoms with E-state index in [1.165, 1.54) is 24.9 Å². The predicted molar refractivity (Wildman–Crippen MR) is 121 cm³/mol. The highest BCUT2D eigenvalue weighted by atomic mass is 16.6. The third-order valence-corrected chi connectivity index (χ3v) is 7.05. The zero-order valence-corrected chi connectivity index (χ0v) is 20.4. The van der Waals surface area contributed by atoms with E-state index in [2.05, 4.69) is 10.6 Å². The number of rotatable bonds is 6. The second kappa shape index (κ2) is 10.7. The second-order valence-electron chi connectivity index (χ2n) is 10.6. The molecule has 3 rings (SSSR count). The van der Waals surface area contributed by atoms with Crippen molar-refractivity contribution in [2.45, 2.75) is 89.8 Å². The van der Waals surface area contributed by atoms with E-state index in [1.807, 2.05) is 0 Å². The number of carbonyl (C=O) groups is 4. The van der Waals surface area contributed by atoms with Crippen LogP contribution >= 0.6 is 0 Å². The number of esters is 1. The summed E-state index contributed by atoms with van der Waals surface area (Å²) in [5.41, 5.74) is -0.674. The van der Waals surface area contributed by atoms with E-state index in [0.29, 0.717) is 31.8 Å². The first-order chi connectivity index (χ1) is 15.6. The van der Waals surface area contributed by atoms with Gasteiger partial charge < -0.3 is 20.1 Å². The van der Waals surface area contributed by atoms with Crippen LogP contribution in [0.4, 0.5) is 4.79 Å². The van der Waals surface area contributed by atoms with Gasteiger partial charge in [0.05, 0.1) is 7.11 Å². The monoisotopic (exact) mass is 465 g/mol. The van der Waals surface area contributed by atoms with Gasteiger partial charge in [-0.15, -0.1) is 0 Å². The zero-order chi connectivity index (χ0) is 24.2. The largest absolute Gasteiger partial charge is 0.467 e. The topological polar surface area (TPSA) is 114 Å². The second-order valence-corrected chi connectivity index (χ2v) is 10.6. The van der Waals surface area contributed by atoms with Crippen LogP contribution in [0.1, 0.15) is 72.1 Å². The third kappa shape index (κ3) is 6.60. The number of hydrogen-bond donors (Lipinski definition) is 2. The first-order valence-corrected chi connectivity index (χ1v) is 12.2. The normalized spacial score (nSPS) is 27.1. The number of likely N-dealkylation sites (tertiary alicyclic amines) is 1. The minimum Gasteiger partial charge on any atom is -0.467 e. The Morgan fingerprint density at radius 3 is 2.42 bits per heavy atom. The van der Waals surface area contributed by atoms with Gasteiger partial charge in [-0.2, -0.15) is 0 Å². The zero-order valence-electron chi connectivity index (χ0n) is 20.4. The molecule has 9 heteroatoms. The highest BCUT2D eigenvalue weighted by Gasteiger charge is 2.45. The van der Waals surface area contributed by atoms with Crippen molar-refractivity contribution in [1.29, 1.82) is 0 Å². The number of amides is 3. The standard InChI is InChI=1S/C24H39N3O6/c1-24(2,3)33-23(31)27-14-17(15-8-5-6-9-15)13-19(27)21(29)26-18(22(30)32-4)12-16-10-7-11-25-20(16)28/h15-19H,5-14H2,1-4H3,(H,25,28)(H,26,29)/t16-,17?,18-,19?/m0/s1. The molecule has 2 heterocycles. The van der Waals surface area contributed by atoms with Gasteiger partial charge in [-0.25, -0.2) is 9.59 Å². The van der Waals surface area contributed by atoms with Crippen LogP contribution in [0.15, 0.2) is 0 Å². The predicted octanol–water partition coefficient (Wildman–Crippen LogP) is 2.38. The number of piperidine rings is 1. The molecule has 0 bridgehead atoms. The Morgan fingerprint density at radius 2 is 1.82 bits per heavy atom. The summed E-state index contributed by atoms with van der Waals surface area (Å²) in [4.78, 5) is 52.5. The lowest BCUT2D eigenvalue weighted by Crippen LogP contribution is -2.53. The summed E-state index contributed by atoms with van der Waals surface area (Å²) in [6.45, 7) is 6.50. The first-order valence-electron chi connectivity index (χ1n) is 12.2. The molecular formula is C24H39N3O6. The highest BCUT2D eigenvalue weighted by Crippen LogP contribution is 2.39. The van der Waals surface area contributed by atoms with Crippen LogP contribution in [0.2, 0.25) is 0 Å². The fourth-order valence-corrected chi connectivity index (χ4v) is 5.38. The van der Waals surface area contributed by atoms with Gasteiger partial charge in [0, 0.05) is 19.0 Å². The van der Waals surface area contributed by atoms with Crippen LogP contribution in [-0.4, -0.2) is 66.7 Å². The van der Waals surface area contributed by atoms with Crippen molar-refractivity contribution in [3.8, 4) is 0 Å². The maximum atomic E-state index is 13.4. The lowest BCUT2D eigenvalue weighted by atomic mass is 9.88. The van der Waals surface area contributed by atoms with E-state index in [0.717, 1.165) is 19.3 Å². The van der Waals surface area contributed by atoms with Crippen molar-refractivity contribution < 1.29 is 28.7 Å². The maximum Gasteiger partial charge on any atom is 0.410 e. The minimum absolute atomic E-state index is 0.109. The molecule has 9 nitrogen and oxygen atoms in total. The summed E-state index contributed by atoms with van der Waals surface area (Å²) in [6, 6.07) is -1.65. The maximum absolute atomic E-state index is 13.4. The first kappa shape index (κ1) is 25.3. The van der Waals surface area contributed by atoms with Gasteiger partial charge in [0.15, 0.2) is 0 Å². The molecule has 2 aliphatic heterocycles. The summed E-state index contributed by atoms with van der Waals surface area (Å²) >= 11 is 0. The third-order valence-electron chi connectivity index (χ3n) is 7.05. The Balaban J connectivity index is 1.73. The van der Waals surface area contributed by atoms with Crippen LogP contribution in [0.3, 0.4) is 0 Å². The molecule has 3 fully saturated rings. The molecule has 0 aromatic rings. The molecule has 186 valence electrons. The van der Waals surface area contributed by atoms with E-state index >= 15 is 0 Å². The molecule has 0 radical (unpaired) electrons. The molecule has 0 aromatic heterocycles. The van der Waals surface area contributed by atoms with Crippen LogP contribution in [0, 0.1) is 17.8 Å². The van der Waals surface area contributed by atoms with Gasteiger partial charge in [0.25, 0.3) is 0 Å². The number of nitrogens with one attached hydrogen (secondary N) is 2. The van der Waals surface area contributed by atoms with E-state index in [1.54, 1.807) is 20.8 Å². The smallest absolute Gasteiger partial charge is 0.410 e. The molecule has 1 aliphatic carbocycles. The van der Waals surface area contributed by atoms with Crippen molar-refractivity contribution in [2.24, 2.45) is 17.8 Å². The van der Waals surface area contributed by atoms with E-state index in [9.17, 15) is 19.2 Å². The number of ether oxygens (including phenoxy) is 2. The lowest BCUT2D eigenvalue weighted by molar-refractivity contribution is -0.146. The molecule has 2 N–H and O–H groups in total. The molecule has 4 atom stereocenters. The summed E-state index contributed by atoms with van der Waals surface area (Å²) in [7, 11) is 1.27. The van der Waals surface area contributed by atoms with Crippen LogP contribution < -0.4 is 10.6 Å². The Hall–Kier alpha value is -2.32. The average Bonchev–Trinajstić information content (AvgIpc) is 3.42. The summed E-state index contributed by atoms with van der Waals surface area (Å²) in [6.07, 6.45) is 6.29. The Morgan fingerprint density at radius 1 is 1.12 bits per heavy atom. The molecule has 2 saturated heterocycles. The van der Waals surface area contributed by atoms with Crippen LogP contribution in [0.5, 0.6) is 0 Å².